The monoisotopic (exact) mass is 635 g/mol. The van der Waals surface area contributed by atoms with Crippen LogP contribution in [-0.2, 0) is 15.0 Å². The van der Waals surface area contributed by atoms with Crippen LogP contribution in [0.15, 0.2) is 78.9 Å². The lowest BCUT2D eigenvalue weighted by atomic mass is 9.72. The Hall–Kier alpha value is -3.85. The Balaban J connectivity index is 1.56. The van der Waals surface area contributed by atoms with Gasteiger partial charge in [-0.25, -0.2) is 0 Å². The number of likely N-dealkylation sites (tertiary alicyclic amines) is 1. The van der Waals surface area contributed by atoms with Crippen LogP contribution in [0.5, 0.6) is 5.75 Å². The van der Waals surface area contributed by atoms with Crippen molar-refractivity contribution in [2.75, 3.05) is 26.2 Å². The number of rotatable bonds is 9. The minimum atomic E-state index is -0.845. The topological polar surface area (TPSA) is 102 Å². The molecule has 10 heteroatoms. The number of amides is 3. The summed E-state index contributed by atoms with van der Waals surface area (Å²) in [5.41, 5.74) is 8.25. The summed E-state index contributed by atoms with van der Waals surface area (Å²) in [7, 11) is 0. The van der Waals surface area contributed by atoms with Crippen molar-refractivity contribution < 1.29 is 19.1 Å². The maximum Gasteiger partial charge on any atom is 0.267 e. The van der Waals surface area contributed by atoms with E-state index in [2.05, 4.69) is 5.32 Å². The molecule has 5 rings (SSSR count). The fourth-order valence-electron chi connectivity index (χ4n) is 5.46. The number of nitrogens with zero attached hydrogens (tertiary/aromatic N) is 1. The first-order valence-electron chi connectivity index (χ1n) is 13.9. The van der Waals surface area contributed by atoms with Gasteiger partial charge < -0.3 is 20.7 Å². The summed E-state index contributed by atoms with van der Waals surface area (Å²) in [6.07, 6.45) is 0.813. The minimum absolute atomic E-state index is 0.151. The fourth-order valence-corrected chi connectivity index (χ4v) is 7.15. The van der Waals surface area contributed by atoms with E-state index in [0.717, 1.165) is 21.6 Å². The van der Waals surface area contributed by atoms with E-state index in [9.17, 15) is 14.4 Å². The van der Waals surface area contributed by atoms with Crippen LogP contribution >= 0.6 is 34.5 Å². The van der Waals surface area contributed by atoms with Crippen molar-refractivity contribution in [2.45, 2.75) is 25.2 Å². The number of thiophene rings is 1. The molecule has 0 radical (unpaired) electrons. The molecular formula is C33H31Cl2N3O4S. The van der Waals surface area contributed by atoms with Gasteiger partial charge in [0.05, 0.1) is 12.0 Å². The van der Waals surface area contributed by atoms with Crippen molar-refractivity contribution in [3.63, 3.8) is 0 Å². The number of ether oxygens (including phenoxy) is 1. The second-order valence-corrected chi connectivity index (χ2v) is 12.3. The van der Waals surface area contributed by atoms with E-state index >= 15 is 0 Å². The average Bonchev–Trinajstić information content (AvgIpc) is 3.38. The lowest BCUT2D eigenvalue weighted by molar-refractivity contribution is -0.125. The van der Waals surface area contributed by atoms with E-state index in [-0.39, 0.29) is 25.0 Å². The van der Waals surface area contributed by atoms with Crippen LogP contribution in [0.2, 0.25) is 10.0 Å². The number of nitrogens with one attached hydrogen (secondary N) is 1. The predicted molar refractivity (Wildman–Crippen MR) is 172 cm³/mol. The van der Waals surface area contributed by atoms with Gasteiger partial charge in [-0.05, 0) is 42.2 Å². The Morgan fingerprint density at radius 1 is 0.953 bits per heavy atom. The number of benzene rings is 3. The Morgan fingerprint density at radius 3 is 2.23 bits per heavy atom. The molecule has 3 amide bonds. The number of halogens is 2. The summed E-state index contributed by atoms with van der Waals surface area (Å²) in [5.74, 6) is -0.369. The molecule has 0 unspecified atom stereocenters. The molecule has 0 aliphatic carbocycles. The summed E-state index contributed by atoms with van der Waals surface area (Å²) in [4.78, 5) is 41.4. The highest BCUT2D eigenvalue weighted by molar-refractivity contribution is 7.18. The number of hydrogen-bond acceptors (Lipinski definition) is 5. The largest absolute Gasteiger partial charge is 0.489 e. The van der Waals surface area contributed by atoms with Crippen LogP contribution in [0.3, 0.4) is 0 Å². The lowest BCUT2D eigenvalue weighted by Crippen LogP contribution is -2.51. The van der Waals surface area contributed by atoms with Crippen molar-refractivity contribution in [1.82, 2.24) is 10.2 Å². The third-order valence-electron chi connectivity index (χ3n) is 7.73. The molecule has 1 fully saturated rings. The molecule has 0 saturated carbocycles. The van der Waals surface area contributed by atoms with E-state index < -0.39 is 11.3 Å². The Kier molecular flexibility index (Phi) is 9.40. The number of hydrogen-bond donors (Lipinski definition) is 2. The van der Waals surface area contributed by atoms with Gasteiger partial charge in [0, 0.05) is 46.1 Å². The molecule has 43 heavy (non-hydrogen) atoms. The van der Waals surface area contributed by atoms with E-state index in [1.54, 1.807) is 23.1 Å². The van der Waals surface area contributed by atoms with Crippen molar-refractivity contribution in [3.8, 4) is 27.3 Å². The molecule has 4 aromatic rings. The number of primary amides is 1. The summed E-state index contributed by atoms with van der Waals surface area (Å²) in [5, 5.41) is 3.85. The minimum Gasteiger partial charge on any atom is -0.489 e. The first-order valence-corrected chi connectivity index (χ1v) is 15.5. The maximum absolute atomic E-state index is 14.3. The summed E-state index contributed by atoms with van der Waals surface area (Å²) in [6.45, 7) is 2.54. The molecule has 2 heterocycles. The zero-order chi connectivity index (χ0) is 30.6. The molecule has 1 saturated heterocycles. The third kappa shape index (κ3) is 6.42. The predicted octanol–water partition coefficient (Wildman–Crippen LogP) is 6.56. The molecule has 1 aliphatic rings. The SMILES string of the molecule is CC(=O)NCCOc1c(C(=O)N2CCC(C(N)=O)(c3ccccc3)CC2)sc(-c2ccccc2Cl)c1-c1ccc(Cl)cc1. The van der Waals surface area contributed by atoms with Crippen LogP contribution < -0.4 is 15.8 Å². The van der Waals surface area contributed by atoms with Crippen molar-refractivity contribution >= 4 is 52.3 Å². The van der Waals surface area contributed by atoms with Gasteiger partial charge in [0.2, 0.25) is 11.8 Å². The van der Waals surface area contributed by atoms with Crippen molar-refractivity contribution in [3.05, 3.63) is 99.3 Å². The zero-order valence-corrected chi connectivity index (χ0v) is 25.9. The second-order valence-electron chi connectivity index (χ2n) is 10.4. The van der Waals surface area contributed by atoms with Gasteiger partial charge in [0.15, 0.2) is 5.75 Å². The normalized spacial score (nSPS) is 14.3. The lowest BCUT2D eigenvalue weighted by Gasteiger charge is -2.40. The van der Waals surface area contributed by atoms with Crippen LogP contribution in [0, 0.1) is 0 Å². The molecule has 1 aromatic heterocycles. The van der Waals surface area contributed by atoms with Gasteiger partial charge in [0.1, 0.15) is 11.5 Å². The van der Waals surface area contributed by atoms with Gasteiger partial charge in [-0.15, -0.1) is 11.3 Å². The molecule has 0 spiro atoms. The van der Waals surface area contributed by atoms with Crippen LogP contribution in [0.4, 0.5) is 0 Å². The highest BCUT2D eigenvalue weighted by atomic mass is 35.5. The number of piperidine rings is 1. The van der Waals surface area contributed by atoms with Crippen LogP contribution in [0.1, 0.15) is 35.0 Å². The summed E-state index contributed by atoms with van der Waals surface area (Å²) in [6, 6.07) is 24.3. The van der Waals surface area contributed by atoms with Crippen molar-refractivity contribution in [2.24, 2.45) is 5.73 Å². The van der Waals surface area contributed by atoms with E-state index in [4.69, 9.17) is 33.7 Å². The van der Waals surface area contributed by atoms with Crippen molar-refractivity contribution in [1.29, 1.82) is 0 Å². The van der Waals surface area contributed by atoms with E-state index in [1.165, 1.54) is 18.3 Å². The molecule has 3 aromatic carbocycles. The Bertz CT molecular complexity index is 1630. The quantitative estimate of drug-likeness (QED) is 0.203. The first kappa shape index (κ1) is 30.6. The van der Waals surface area contributed by atoms with Gasteiger partial charge in [-0.1, -0.05) is 83.9 Å². The van der Waals surface area contributed by atoms with Crippen LogP contribution in [0.25, 0.3) is 21.6 Å². The summed E-state index contributed by atoms with van der Waals surface area (Å²) >= 11 is 14.2. The molecule has 1 aliphatic heterocycles. The fraction of sp³-hybridized carbons (Fsp3) is 0.242. The first-order chi connectivity index (χ1) is 20.7. The second kappa shape index (κ2) is 13.2. The maximum atomic E-state index is 14.3. The smallest absolute Gasteiger partial charge is 0.267 e. The van der Waals surface area contributed by atoms with E-state index in [1.807, 2.05) is 60.7 Å². The number of nitrogens with two attached hydrogens (primary N) is 1. The van der Waals surface area contributed by atoms with Crippen LogP contribution in [-0.4, -0.2) is 48.9 Å². The molecule has 3 N–H and O–H groups in total. The molecule has 0 atom stereocenters. The molecule has 222 valence electrons. The average molecular weight is 637 g/mol. The number of carbonyl (C=O) groups excluding carboxylic acids is 3. The number of carbonyl (C=O) groups is 3. The highest BCUT2D eigenvalue weighted by Crippen LogP contribution is 2.50. The third-order valence-corrected chi connectivity index (χ3v) is 9.51. The molecule has 7 nitrogen and oxygen atoms in total. The van der Waals surface area contributed by atoms with E-state index in [0.29, 0.717) is 52.2 Å². The summed E-state index contributed by atoms with van der Waals surface area (Å²) < 4.78 is 6.30. The zero-order valence-electron chi connectivity index (χ0n) is 23.6. The Morgan fingerprint density at radius 2 is 1.60 bits per heavy atom. The van der Waals surface area contributed by atoms with Gasteiger partial charge in [0.25, 0.3) is 5.91 Å². The van der Waals surface area contributed by atoms with Gasteiger partial charge in [-0.3, -0.25) is 14.4 Å². The molecule has 0 bridgehead atoms. The Labute approximate surface area is 264 Å². The molecular weight excluding hydrogens is 605 g/mol. The van der Waals surface area contributed by atoms with Gasteiger partial charge in [-0.2, -0.15) is 0 Å². The highest BCUT2D eigenvalue weighted by Gasteiger charge is 2.43. The standard InChI is InChI=1S/C33H31Cl2N3O4S/c1-21(39)37-17-20-42-28-27(22-11-13-24(34)14-12-22)29(25-9-5-6-10-26(25)35)43-30(28)31(40)38-18-15-33(16-19-38,32(36)41)23-7-3-2-4-8-23/h2-14H,15-20H2,1H3,(H2,36,41)(H,37,39). The van der Waals surface area contributed by atoms with Gasteiger partial charge >= 0.3 is 0 Å².